The Kier molecular flexibility index (Phi) is 5.64. The van der Waals surface area contributed by atoms with Crippen LogP contribution in [0.5, 0.6) is 5.75 Å². The molecule has 0 unspecified atom stereocenters. The second-order valence-corrected chi connectivity index (χ2v) is 6.57. The highest BCUT2D eigenvalue weighted by Gasteiger charge is 2.27. The lowest BCUT2D eigenvalue weighted by molar-refractivity contribution is -0.394. The summed E-state index contributed by atoms with van der Waals surface area (Å²) in [4.78, 5) is 32.4. The van der Waals surface area contributed by atoms with Gasteiger partial charge in [-0.1, -0.05) is 30.3 Å². The summed E-state index contributed by atoms with van der Waals surface area (Å²) in [5, 5.41) is 42.4. The molecule has 2 N–H and O–H groups in total. The summed E-state index contributed by atoms with van der Waals surface area (Å²) in [6.45, 7) is 0. The van der Waals surface area contributed by atoms with Crippen LogP contribution in [-0.2, 0) is 4.79 Å². The fourth-order valence-corrected chi connectivity index (χ4v) is 3.05. The number of thioether (sulfide) groups is 1. The van der Waals surface area contributed by atoms with E-state index < -0.39 is 32.9 Å². The maximum Gasteiger partial charge on any atom is 0.318 e. The fraction of sp³-hybridized carbons (Fsp3) is 0. The van der Waals surface area contributed by atoms with E-state index in [0.717, 1.165) is 29.5 Å². The Hall–Kier alpha value is -4.06. The molecule has 1 fully saturated rings. The lowest BCUT2D eigenvalue weighted by atomic mass is 10.1. The number of phenolic OH excluding ortho intramolecular Hbond substituents is 1. The van der Waals surface area contributed by atoms with Gasteiger partial charge in [0.25, 0.3) is 11.6 Å². The van der Waals surface area contributed by atoms with Crippen molar-refractivity contribution >= 4 is 46.5 Å². The van der Waals surface area contributed by atoms with E-state index in [0.29, 0.717) is 6.07 Å². The second kappa shape index (κ2) is 8.31. The summed E-state index contributed by atoms with van der Waals surface area (Å²) in [5.41, 5.74) is -0.865. The molecule has 1 amide bonds. The number of nitro benzene ring substituents is 2. The molecule has 12 heteroatoms. The van der Waals surface area contributed by atoms with E-state index in [-0.39, 0.29) is 15.6 Å². The minimum absolute atomic E-state index is 0.0313. The molecule has 2 aromatic rings. The summed E-state index contributed by atoms with van der Waals surface area (Å²) < 4.78 is 0. The third-order valence-electron chi connectivity index (χ3n) is 3.60. The molecule has 0 spiro atoms. The number of carbonyl (C=O) groups excluding carboxylic acids is 1. The van der Waals surface area contributed by atoms with Crippen molar-refractivity contribution in [2.24, 2.45) is 10.2 Å². The van der Waals surface area contributed by atoms with E-state index in [1.807, 2.05) is 30.3 Å². The zero-order chi connectivity index (χ0) is 21.0. The van der Waals surface area contributed by atoms with Gasteiger partial charge in [-0.05, 0) is 23.4 Å². The molecular weight excluding hydrogens is 402 g/mol. The Morgan fingerprint density at radius 1 is 1.10 bits per heavy atom. The number of phenols is 1. The number of non-ortho nitro benzene ring substituents is 1. The Morgan fingerprint density at radius 2 is 1.83 bits per heavy atom. The maximum atomic E-state index is 12.1. The van der Waals surface area contributed by atoms with Crippen LogP contribution in [0.15, 0.2) is 57.6 Å². The second-order valence-electron chi connectivity index (χ2n) is 5.54. The first-order valence-electron chi connectivity index (χ1n) is 7.88. The molecule has 0 aromatic heterocycles. The number of hydrogen-bond donors (Lipinski definition) is 2. The zero-order valence-electron chi connectivity index (χ0n) is 14.4. The van der Waals surface area contributed by atoms with Crippen LogP contribution in [0.25, 0.3) is 6.08 Å². The molecule has 0 atom stereocenters. The molecule has 1 aliphatic heterocycles. The Morgan fingerprint density at radius 3 is 2.48 bits per heavy atom. The molecular formula is C17H11N5O6S. The van der Waals surface area contributed by atoms with Crippen LogP contribution in [0.1, 0.15) is 11.1 Å². The predicted octanol–water partition coefficient (Wildman–Crippen LogP) is 2.80. The fourth-order valence-electron chi connectivity index (χ4n) is 2.28. The van der Waals surface area contributed by atoms with Gasteiger partial charge in [0, 0.05) is 11.6 Å². The summed E-state index contributed by atoms with van der Waals surface area (Å²) in [7, 11) is 0. The number of carbonyl (C=O) groups is 1. The van der Waals surface area contributed by atoms with Gasteiger partial charge in [-0.2, -0.15) is 5.10 Å². The van der Waals surface area contributed by atoms with Gasteiger partial charge in [0.2, 0.25) is 5.75 Å². The molecule has 2 aromatic carbocycles. The number of rotatable bonds is 5. The van der Waals surface area contributed by atoms with Gasteiger partial charge in [0.1, 0.15) is 0 Å². The number of nitrogens with one attached hydrogen (secondary N) is 1. The van der Waals surface area contributed by atoms with Crippen molar-refractivity contribution in [3.05, 3.63) is 78.7 Å². The van der Waals surface area contributed by atoms with Crippen molar-refractivity contribution in [1.82, 2.24) is 5.32 Å². The van der Waals surface area contributed by atoms with Crippen LogP contribution in [0.4, 0.5) is 11.4 Å². The number of nitro groups is 2. The monoisotopic (exact) mass is 413 g/mol. The van der Waals surface area contributed by atoms with E-state index in [4.69, 9.17) is 0 Å². The first kappa shape index (κ1) is 19.7. The molecule has 1 saturated heterocycles. The van der Waals surface area contributed by atoms with Crippen molar-refractivity contribution in [1.29, 1.82) is 0 Å². The number of aromatic hydroxyl groups is 1. The van der Waals surface area contributed by atoms with Crippen LogP contribution < -0.4 is 5.32 Å². The lowest BCUT2D eigenvalue weighted by Crippen LogP contribution is -2.19. The predicted molar refractivity (Wildman–Crippen MR) is 107 cm³/mol. The van der Waals surface area contributed by atoms with Crippen molar-refractivity contribution < 1.29 is 19.7 Å². The van der Waals surface area contributed by atoms with Gasteiger partial charge < -0.3 is 5.11 Å². The average molecular weight is 413 g/mol. The summed E-state index contributed by atoms with van der Waals surface area (Å²) in [5.74, 6) is -1.37. The van der Waals surface area contributed by atoms with Gasteiger partial charge in [-0.25, -0.2) is 0 Å². The van der Waals surface area contributed by atoms with Gasteiger partial charge in [-0.3, -0.25) is 30.3 Å². The topological polar surface area (TPSA) is 160 Å². The number of amides is 1. The third-order valence-corrected chi connectivity index (χ3v) is 4.50. The normalized spacial score (nSPS) is 16.5. The van der Waals surface area contributed by atoms with Crippen LogP contribution >= 0.6 is 11.8 Å². The van der Waals surface area contributed by atoms with E-state index in [9.17, 15) is 30.1 Å². The summed E-state index contributed by atoms with van der Waals surface area (Å²) in [6.07, 6.45) is 2.59. The standard InChI is InChI=1S/C17H11N5O6S/c23-15-11(6-12(21(25)26)8-13(15)22(27)28)7-14-16(24)19-17(29-14)20-18-9-10-4-2-1-3-5-10/h1-9,23H,(H,19,20,24)/b14-7-,18-9-. The van der Waals surface area contributed by atoms with Crippen LogP contribution in [0.3, 0.4) is 0 Å². The largest absolute Gasteiger partial charge is 0.502 e. The number of hydrogen-bond acceptors (Lipinski definition) is 9. The molecule has 0 saturated carbocycles. The van der Waals surface area contributed by atoms with Crippen molar-refractivity contribution in [2.75, 3.05) is 0 Å². The van der Waals surface area contributed by atoms with Crippen molar-refractivity contribution in [2.45, 2.75) is 0 Å². The minimum atomic E-state index is -0.947. The van der Waals surface area contributed by atoms with Crippen molar-refractivity contribution in [3.8, 4) is 5.75 Å². The number of nitrogens with zero attached hydrogens (tertiary/aromatic N) is 4. The highest BCUT2D eigenvalue weighted by Crippen LogP contribution is 2.37. The highest BCUT2D eigenvalue weighted by molar-refractivity contribution is 8.18. The van der Waals surface area contributed by atoms with Crippen LogP contribution in [0, 0.1) is 20.2 Å². The molecule has 0 radical (unpaired) electrons. The summed E-state index contributed by atoms with van der Waals surface area (Å²) >= 11 is 0.872. The molecule has 0 aliphatic carbocycles. The van der Waals surface area contributed by atoms with Gasteiger partial charge >= 0.3 is 5.69 Å². The van der Waals surface area contributed by atoms with E-state index in [1.165, 1.54) is 6.21 Å². The average Bonchev–Trinajstić information content (AvgIpc) is 3.03. The minimum Gasteiger partial charge on any atom is -0.502 e. The maximum absolute atomic E-state index is 12.1. The summed E-state index contributed by atoms with van der Waals surface area (Å²) in [6, 6.07) is 10.7. The lowest BCUT2D eigenvalue weighted by Gasteiger charge is -2.02. The third kappa shape index (κ3) is 4.62. The van der Waals surface area contributed by atoms with Gasteiger partial charge in [0.05, 0.1) is 27.0 Å². The first-order valence-corrected chi connectivity index (χ1v) is 8.69. The van der Waals surface area contributed by atoms with Crippen LogP contribution in [0.2, 0.25) is 0 Å². The molecule has 0 bridgehead atoms. The molecule has 29 heavy (non-hydrogen) atoms. The van der Waals surface area contributed by atoms with E-state index >= 15 is 0 Å². The van der Waals surface area contributed by atoms with Crippen LogP contribution in [-0.4, -0.2) is 32.2 Å². The van der Waals surface area contributed by atoms with E-state index in [1.54, 1.807) is 0 Å². The smallest absolute Gasteiger partial charge is 0.318 e. The SMILES string of the molecule is O=C1N/C(=N\N=C/c2ccccc2)S/C1=C\c1cc([N+](=O)[O-])cc([N+](=O)[O-])c1O. The quantitative estimate of drug-likeness (QED) is 0.330. The Bertz CT molecular complexity index is 1100. The highest BCUT2D eigenvalue weighted by atomic mass is 32.2. The van der Waals surface area contributed by atoms with E-state index in [2.05, 4.69) is 15.5 Å². The number of benzene rings is 2. The molecule has 11 nitrogen and oxygen atoms in total. The molecule has 1 aliphatic rings. The Labute approximate surface area is 166 Å². The zero-order valence-corrected chi connectivity index (χ0v) is 15.2. The number of amidine groups is 1. The first-order chi connectivity index (χ1) is 13.8. The molecule has 146 valence electrons. The molecule has 3 rings (SSSR count). The van der Waals surface area contributed by atoms with Crippen molar-refractivity contribution in [3.63, 3.8) is 0 Å². The van der Waals surface area contributed by atoms with Gasteiger partial charge in [-0.15, -0.1) is 5.10 Å². The Balaban J connectivity index is 1.88. The molecule has 1 heterocycles. The van der Waals surface area contributed by atoms with Gasteiger partial charge in [0.15, 0.2) is 5.17 Å².